The smallest absolute Gasteiger partial charge is 0.229 e. The monoisotopic (exact) mass is 328 g/mol. The maximum atomic E-state index is 13.1. The lowest BCUT2D eigenvalue weighted by molar-refractivity contribution is -0.115. The first-order valence-electron chi connectivity index (χ1n) is 8.34. The van der Waals surface area contributed by atoms with Crippen LogP contribution in [0.4, 0.5) is 16.0 Å². The summed E-state index contributed by atoms with van der Waals surface area (Å²) in [6, 6.07) is 9.67. The molecule has 1 N–H and O–H groups in total. The number of anilines is 2. The van der Waals surface area contributed by atoms with Crippen LogP contribution in [0.1, 0.15) is 31.2 Å². The number of carbonyl (C=O) groups excluding carboxylic acids is 1. The molecule has 2 aromatic rings. The molecule has 0 bridgehead atoms. The van der Waals surface area contributed by atoms with E-state index in [1.165, 1.54) is 37.8 Å². The molecule has 1 fully saturated rings. The van der Waals surface area contributed by atoms with E-state index in [0.717, 1.165) is 18.9 Å². The highest BCUT2D eigenvalue weighted by molar-refractivity contribution is 5.91. The number of carbonyl (C=O) groups is 1. The molecule has 0 spiro atoms. The molecule has 0 atom stereocenters. The van der Waals surface area contributed by atoms with Crippen molar-refractivity contribution in [3.8, 4) is 0 Å². The third-order valence-corrected chi connectivity index (χ3v) is 4.10. The molecule has 126 valence electrons. The average Bonchev–Trinajstić information content (AvgIpc) is 2.85. The first-order valence-corrected chi connectivity index (χ1v) is 8.34. The second-order valence-corrected chi connectivity index (χ2v) is 6.03. The lowest BCUT2D eigenvalue weighted by Gasteiger charge is -2.20. The molecule has 1 aromatic carbocycles. The van der Waals surface area contributed by atoms with Gasteiger partial charge in [0, 0.05) is 13.1 Å². The van der Waals surface area contributed by atoms with Gasteiger partial charge in [-0.05, 0) is 42.7 Å². The summed E-state index contributed by atoms with van der Waals surface area (Å²) < 4.78 is 13.1. The SMILES string of the molecule is O=C(Cc1cccc(F)c1)Nc1ccc(N2CCCCCC2)nn1. The van der Waals surface area contributed by atoms with Crippen molar-refractivity contribution in [1.29, 1.82) is 0 Å². The summed E-state index contributed by atoms with van der Waals surface area (Å²) in [5.74, 6) is 0.675. The van der Waals surface area contributed by atoms with Gasteiger partial charge in [0.15, 0.2) is 11.6 Å². The largest absolute Gasteiger partial charge is 0.355 e. The van der Waals surface area contributed by atoms with Crippen LogP contribution in [-0.2, 0) is 11.2 Å². The molecule has 3 rings (SSSR count). The lowest BCUT2D eigenvalue weighted by Crippen LogP contribution is -2.25. The molecule has 1 amide bonds. The Labute approximate surface area is 140 Å². The van der Waals surface area contributed by atoms with Crippen LogP contribution >= 0.6 is 0 Å². The van der Waals surface area contributed by atoms with E-state index >= 15 is 0 Å². The molecule has 2 heterocycles. The van der Waals surface area contributed by atoms with Crippen molar-refractivity contribution in [2.24, 2.45) is 0 Å². The second kappa shape index (κ2) is 7.86. The maximum absolute atomic E-state index is 13.1. The summed E-state index contributed by atoms with van der Waals surface area (Å²) in [4.78, 5) is 14.2. The molecule has 5 nitrogen and oxygen atoms in total. The Balaban J connectivity index is 1.58. The molecule has 1 aromatic heterocycles. The predicted octanol–water partition coefficient (Wildman–Crippen LogP) is 3.18. The van der Waals surface area contributed by atoms with E-state index in [1.807, 2.05) is 6.07 Å². The summed E-state index contributed by atoms with van der Waals surface area (Å²) in [6.45, 7) is 2.00. The zero-order valence-electron chi connectivity index (χ0n) is 13.5. The molecular formula is C18H21FN4O. The number of nitrogens with zero attached hydrogens (tertiary/aromatic N) is 3. The second-order valence-electron chi connectivity index (χ2n) is 6.03. The highest BCUT2D eigenvalue weighted by atomic mass is 19.1. The minimum absolute atomic E-state index is 0.104. The van der Waals surface area contributed by atoms with Crippen LogP contribution in [0.5, 0.6) is 0 Å². The molecule has 1 aliphatic heterocycles. The lowest BCUT2D eigenvalue weighted by atomic mass is 10.1. The van der Waals surface area contributed by atoms with Crippen LogP contribution in [0.2, 0.25) is 0 Å². The van der Waals surface area contributed by atoms with Gasteiger partial charge in [-0.3, -0.25) is 4.79 Å². The van der Waals surface area contributed by atoms with Gasteiger partial charge in [0.1, 0.15) is 5.82 Å². The predicted molar refractivity (Wildman–Crippen MR) is 91.4 cm³/mol. The van der Waals surface area contributed by atoms with Crippen LogP contribution in [0.3, 0.4) is 0 Å². The summed E-state index contributed by atoms with van der Waals surface area (Å²) in [6.07, 6.45) is 4.98. The third-order valence-electron chi connectivity index (χ3n) is 4.10. The molecule has 24 heavy (non-hydrogen) atoms. The van der Waals surface area contributed by atoms with Crippen LogP contribution in [0.25, 0.3) is 0 Å². The van der Waals surface area contributed by atoms with Crippen molar-refractivity contribution < 1.29 is 9.18 Å². The van der Waals surface area contributed by atoms with Crippen LogP contribution in [0, 0.1) is 5.82 Å². The highest BCUT2D eigenvalue weighted by Crippen LogP contribution is 2.17. The Kier molecular flexibility index (Phi) is 5.36. The molecular weight excluding hydrogens is 307 g/mol. The number of hydrogen-bond acceptors (Lipinski definition) is 4. The first-order chi connectivity index (χ1) is 11.7. The van der Waals surface area contributed by atoms with Gasteiger partial charge in [-0.2, -0.15) is 0 Å². The summed E-state index contributed by atoms with van der Waals surface area (Å²) in [5, 5.41) is 11.0. The number of amides is 1. The van der Waals surface area contributed by atoms with E-state index in [0.29, 0.717) is 11.4 Å². The highest BCUT2D eigenvalue weighted by Gasteiger charge is 2.12. The first kappa shape index (κ1) is 16.4. The van der Waals surface area contributed by atoms with Gasteiger partial charge in [0.25, 0.3) is 0 Å². The van der Waals surface area contributed by atoms with Gasteiger partial charge < -0.3 is 10.2 Å². The normalized spacial score (nSPS) is 15.0. The minimum atomic E-state index is -0.345. The van der Waals surface area contributed by atoms with Crippen molar-refractivity contribution in [3.05, 3.63) is 47.8 Å². The summed E-state index contributed by atoms with van der Waals surface area (Å²) in [7, 11) is 0. The van der Waals surface area contributed by atoms with Crippen LogP contribution in [-0.4, -0.2) is 29.2 Å². The van der Waals surface area contributed by atoms with Crippen molar-refractivity contribution >= 4 is 17.5 Å². The zero-order chi connectivity index (χ0) is 16.8. The van der Waals surface area contributed by atoms with E-state index in [2.05, 4.69) is 20.4 Å². The number of hydrogen-bond donors (Lipinski definition) is 1. The summed E-state index contributed by atoms with van der Waals surface area (Å²) in [5.41, 5.74) is 0.627. The van der Waals surface area contributed by atoms with Gasteiger partial charge in [-0.1, -0.05) is 25.0 Å². The van der Waals surface area contributed by atoms with Crippen molar-refractivity contribution in [3.63, 3.8) is 0 Å². The molecule has 1 saturated heterocycles. The number of rotatable bonds is 4. The number of aromatic nitrogens is 2. The minimum Gasteiger partial charge on any atom is -0.355 e. The van der Waals surface area contributed by atoms with Crippen LogP contribution in [0.15, 0.2) is 36.4 Å². The van der Waals surface area contributed by atoms with E-state index in [9.17, 15) is 9.18 Å². The van der Waals surface area contributed by atoms with Gasteiger partial charge in [-0.25, -0.2) is 4.39 Å². The fourth-order valence-corrected chi connectivity index (χ4v) is 2.88. The fourth-order valence-electron chi connectivity index (χ4n) is 2.88. The van der Waals surface area contributed by atoms with Gasteiger partial charge in [0.2, 0.25) is 5.91 Å². The molecule has 0 aliphatic carbocycles. The topological polar surface area (TPSA) is 58.1 Å². The van der Waals surface area contributed by atoms with Crippen LogP contribution < -0.4 is 10.2 Å². The third kappa shape index (κ3) is 4.50. The Morgan fingerprint density at radius 1 is 1.08 bits per heavy atom. The molecule has 0 saturated carbocycles. The number of nitrogens with one attached hydrogen (secondary N) is 1. The quantitative estimate of drug-likeness (QED) is 0.936. The maximum Gasteiger partial charge on any atom is 0.229 e. The van der Waals surface area contributed by atoms with E-state index in [4.69, 9.17) is 0 Å². The molecule has 0 unspecified atom stereocenters. The number of benzene rings is 1. The Bertz CT molecular complexity index is 682. The average molecular weight is 328 g/mol. The van der Waals surface area contributed by atoms with E-state index in [1.54, 1.807) is 18.2 Å². The zero-order valence-corrected chi connectivity index (χ0v) is 13.5. The van der Waals surface area contributed by atoms with Gasteiger partial charge in [-0.15, -0.1) is 10.2 Å². The Morgan fingerprint density at radius 2 is 1.88 bits per heavy atom. The summed E-state index contributed by atoms with van der Waals surface area (Å²) >= 11 is 0. The Morgan fingerprint density at radius 3 is 2.54 bits per heavy atom. The van der Waals surface area contributed by atoms with E-state index < -0.39 is 0 Å². The number of halogens is 1. The van der Waals surface area contributed by atoms with Gasteiger partial charge >= 0.3 is 0 Å². The molecule has 1 aliphatic rings. The molecule has 0 radical (unpaired) electrons. The Hall–Kier alpha value is -2.50. The van der Waals surface area contributed by atoms with Gasteiger partial charge in [0.05, 0.1) is 6.42 Å². The van der Waals surface area contributed by atoms with Crippen molar-refractivity contribution in [2.45, 2.75) is 32.1 Å². The molecule has 6 heteroatoms. The standard InChI is InChI=1S/C18H21FN4O/c19-15-7-5-6-14(12-15)13-18(24)20-16-8-9-17(22-21-16)23-10-3-1-2-4-11-23/h5-9,12H,1-4,10-11,13H2,(H,20,21,24). The fraction of sp³-hybridized carbons (Fsp3) is 0.389. The van der Waals surface area contributed by atoms with E-state index in [-0.39, 0.29) is 18.1 Å². The van der Waals surface area contributed by atoms with Crippen molar-refractivity contribution in [1.82, 2.24) is 10.2 Å². The van der Waals surface area contributed by atoms with Crippen molar-refractivity contribution in [2.75, 3.05) is 23.3 Å².